The molecule has 1 aliphatic heterocycles. The molecule has 6 heteroatoms. The highest BCUT2D eigenvalue weighted by molar-refractivity contribution is 7.91. The van der Waals surface area contributed by atoms with E-state index in [1.807, 2.05) is 6.92 Å². The van der Waals surface area contributed by atoms with Crippen molar-refractivity contribution in [1.82, 2.24) is 10.2 Å². The predicted octanol–water partition coefficient (Wildman–Crippen LogP) is 0.122. The molecule has 1 fully saturated rings. The van der Waals surface area contributed by atoms with Crippen LogP contribution in [0.2, 0.25) is 0 Å². The first kappa shape index (κ1) is 15.9. The summed E-state index contributed by atoms with van der Waals surface area (Å²) in [4.78, 5) is 2.39. The molecular weight excluding hydrogens is 252 g/mol. The van der Waals surface area contributed by atoms with Gasteiger partial charge in [0.1, 0.15) is 0 Å². The fourth-order valence-corrected chi connectivity index (χ4v) is 3.15. The molecule has 1 unspecified atom stereocenters. The van der Waals surface area contributed by atoms with E-state index in [0.29, 0.717) is 0 Å². The summed E-state index contributed by atoms with van der Waals surface area (Å²) in [5.74, 6) is 0.466. The Morgan fingerprint density at radius 3 is 2.61 bits per heavy atom. The minimum Gasteiger partial charge on any atom is -0.379 e. The van der Waals surface area contributed by atoms with Crippen molar-refractivity contribution in [2.75, 3.05) is 50.9 Å². The van der Waals surface area contributed by atoms with Crippen molar-refractivity contribution in [3.8, 4) is 0 Å². The summed E-state index contributed by atoms with van der Waals surface area (Å²) in [5, 5.41) is 3.28. The average Bonchev–Trinajstić information content (AvgIpc) is 2.35. The van der Waals surface area contributed by atoms with Gasteiger partial charge in [-0.2, -0.15) is 0 Å². The molecular formula is C12H26N2O3S. The molecule has 0 aromatic carbocycles. The molecule has 1 heterocycles. The number of nitrogens with zero attached hydrogens (tertiary/aromatic N) is 1. The highest BCUT2D eigenvalue weighted by Crippen LogP contribution is 1.98. The molecule has 0 radical (unpaired) electrons. The third-order valence-electron chi connectivity index (χ3n) is 3.19. The van der Waals surface area contributed by atoms with Gasteiger partial charge in [-0.05, 0) is 26.4 Å². The summed E-state index contributed by atoms with van der Waals surface area (Å²) in [6, 6.07) is 0.0413. The minimum absolute atomic E-state index is 0.0413. The summed E-state index contributed by atoms with van der Waals surface area (Å²) >= 11 is 0. The van der Waals surface area contributed by atoms with E-state index in [0.717, 1.165) is 45.8 Å². The molecule has 1 atom stereocenters. The molecule has 108 valence electrons. The first-order chi connectivity index (χ1) is 8.53. The van der Waals surface area contributed by atoms with Gasteiger partial charge in [-0.25, -0.2) is 8.42 Å². The monoisotopic (exact) mass is 278 g/mol. The molecule has 18 heavy (non-hydrogen) atoms. The van der Waals surface area contributed by atoms with Crippen molar-refractivity contribution in [3.05, 3.63) is 0 Å². The number of hydrogen-bond acceptors (Lipinski definition) is 5. The molecule has 0 saturated carbocycles. The van der Waals surface area contributed by atoms with Gasteiger partial charge in [-0.3, -0.25) is 4.90 Å². The Morgan fingerprint density at radius 2 is 2.00 bits per heavy atom. The van der Waals surface area contributed by atoms with Crippen LogP contribution in [0.15, 0.2) is 0 Å². The zero-order chi connectivity index (χ0) is 13.4. The zero-order valence-corrected chi connectivity index (χ0v) is 12.3. The van der Waals surface area contributed by atoms with Crippen molar-refractivity contribution in [2.45, 2.75) is 26.3 Å². The van der Waals surface area contributed by atoms with Crippen LogP contribution in [0.3, 0.4) is 0 Å². The number of nitrogens with one attached hydrogen (secondary N) is 1. The van der Waals surface area contributed by atoms with Crippen LogP contribution >= 0.6 is 0 Å². The summed E-state index contributed by atoms with van der Waals surface area (Å²) in [7, 11) is -2.87. The van der Waals surface area contributed by atoms with Gasteiger partial charge in [0.2, 0.25) is 0 Å². The fraction of sp³-hybridized carbons (Fsp3) is 1.00. The Labute approximate surface area is 111 Å². The van der Waals surface area contributed by atoms with E-state index >= 15 is 0 Å². The lowest BCUT2D eigenvalue weighted by Crippen LogP contribution is -2.39. The van der Waals surface area contributed by atoms with Gasteiger partial charge in [0.05, 0.1) is 19.0 Å². The largest absolute Gasteiger partial charge is 0.379 e. The zero-order valence-electron chi connectivity index (χ0n) is 11.5. The number of sulfone groups is 1. The summed E-state index contributed by atoms with van der Waals surface area (Å²) in [6.07, 6.45) is 1.05. The predicted molar refractivity (Wildman–Crippen MR) is 73.7 cm³/mol. The van der Waals surface area contributed by atoms with E-state index < -0.39 is 9.84 Å². The highest BCUT2D eigenvalue weighted by atomic mass is 32.2. The van der Waals surface area contributed by atoms with Crippen molar-refractivity contribution in [1.29, 1.82) is 0 Å². The Morgan fingerprint density at radius 1 is 1.33 bits per heavy atom. The van der Waals surface area contributed by atoms with Gasteiger partial charge in [0.15, 0.2) is 9.84 Å². The van der Waals surface area contributed by atoms with Crippen LogP contribution in [-0.2, 0) is 14.6 Å². The standard InChI is InChI=1S/C12H26N2O3S/c1-3-18(15,16)11-12(2)13-5-4-6-14-7-9-17-10-8-14/h12-13H,3-11H2,1-2H3. The topological polar surface area (TPSA) is 58.6 Å². The van der Waals surface area contributed by atoms with Crippen LogP contribution in [0.4, 0.5) is 0 Å². The van der Waals surface area contributed by atoms with E-state index in [1.165, 1.54) is 0 Å². The smallest absolute Gasteiger partial charge is 0.151 e. The second-order valence-electron chi connectivity index (χ2n) is 4.86. The van der Waals surface area contributed by atoms with Gasteiger partial charge in [0, 0.05) is 24.9 Å². The van der Waals surface area contributed by atoms with Crippen LogP contribution < -0.4 is 5.32 Å². The first-order valence-corrected chi connectivity index (χ1v) is 8.59. The van der Waals surface area contributed by atoms with Gasteiger partial charge >= 0.3 is 0 Å². The first-order valence-electron chi connectivity index (χ1n) is 6.77. The maximum atomic E-state index is 11.4. The third-order valence-corrected chi connectivity index (χ3v) is 5.08. The highest BCUT2D eigenvalue weighted by Gasteiger charge is 2.13. The number of morpholine rings is 1. The summed E-state index contributed by atoms with van der Waals surface area (Å²) < 4.78 is 28.1. The molecule has 1 rings (SSSR count). The van der Waals surface area contributed by atoms with Crippen LogP contribution in [0.5, 0.6) is 0 Å². The van der Waals surface area contributed by atoms with Crippen molar-refractivity contribution >= 4 is 9.84 Å². The van der Waals surface area contributed by atoms with E-state index in [2.05, 4.69) is 10.2 Å². The lowest BCUT2D eigenvalue weighted by molar-refractivity contribution is 0.0374. The molecule has 0 aliphatic carbocycles. The van der Waals surface area contributed by atoms with E-state index in [-0.39, 0.29) is 17.5 Å². The summed E-state index contributed by atoms with van der Waals surface area (Å²) in [5.41, 5.74) is 0. The molecule has 0 aromatic heterocycles. The van der Waals surface area contributed by atoms with E-state index in [4.69, 9.17) is 4.74 Å². The second-order valence-corrected chi connectivity index (χ2v) is 7.26. The van der Waals surface area contributed by atoms with Crippen LogP contribution in [0.25, 0.3) is 0 Å². The lowest BCUT2D eigenvalue weighted by Gasteiger charge is -2.26. The fourth-order valence-electron chi connectivity index (χ4n) is 2.03. The maximum Gasteiger partial charge on any atom is 0.151 e. The second kappa shape index (κ2) is 8.09. The number of hydrogen-bond donors (Lipinski definition) is 1. The SMILES string of the molecule is CCS(=O)(=O)CC(C)NCCCN1CCOCC1. The normalized spacial score (nSPS) is 19.9. The molecule has 1 saturated heterocycles. The van der Waals surface area contributed by atoms with Gasteiger partial charge in [0.25, 0.3) is 0 Å². The Kier molecular flexibility index (Phi) is 7.14. The molecule has 1 aliphatic rings. The van der Waals surface area contributed by atoms with Gasteiger partial charge < -0.3 is 10.1 Å². The van der Waals surface area contributed by atoms with E-state index in [1.54, 1.807) is 6.92 Å². The van der Waals surface area contributed by atoms with Crippen LogP contribution in [0, 0.1) is 0 Å². The van der Waals surface area contributed by atoms with Gasteiger partial charge in [-0.1, -0.05) is 6.92 Å². The Hall–Kier alpha value is -0.170. The van der Waals surface area contributed by atoms with Gasteiger partial charge in [-0.15, -0.1) is 0 Å². The summed E-state index contributed by atoms with van der Waals surface area (Å²) in [6.45, 7) is 9.25. The maximum absolute atomic E-state index is 11.4. The molecule has 1 N–H and O–H groups in total. The number of ether oxygens (including phenoxy) is 1. The van der Waals surface area contributed by atoms with Crippen LogP contribution in [-0.4, -0.2) is 70.3 Å². The van der Waals surface area contributed by atoms with Crippen LogP contribution in [0.1, 0.15) is 20.3 Å². The van der Waals surface area contributed by atoms with Crippen molar-refractivity contribution in [2.24, 2.45) is 0 Å². The molecule has 0 spiro atoms. The molecule has 0 aromatic rings. The third kappa shape index (κ3) is 6.68. The van der Waals surface area contributed by atoms with E-state index in [9.17, 15) is 8.42 Å². The van der Waals surface area contributed by atoms with Crippen molar-refractivity contribution in [3.63, 3.8) is 0 Å². The molecule has 0 bridgehead atoms. The molecule has 5 nitrogen and oxygen atoms in total. The average molecular weight is 278 g/mol. The lowest BCUT2D eigenvalue weighted by atomic mass is 10.3. The Bertz CT molecular complexity index is 313. The minimum atomic E-state index is -2.87. The quantitative estimate of drug-likeness (QED) is 0.639. The Balaban J connectivity index is 2.06. The molecule has 0 amide bonds. The number of rotatable bonds is 8. The van der Waals surface area contributed by atoms with Crippen molar-refractivity contribution < 1.29 is 13.2 Å².